The van der Waals surface area contributed by atoms with E-state index in [9.17, 15) is 19.7 Å². The van der Waals surface area contributed by atoms with Crippen LogP contribution >= 0.6 is 0 Å². The first-order valence-corrected chi connectivity index (χ1v) is 9.97. The van der Waals surface area contributed by atoms with E-state index < -0.39 is 16.8 Å². The van der Waals surface area contributed by atoms with E-state index in [0.717, 1.165) is 11.1 Å². The number of esters is 1. The van der Waals surface area contributed by atoms with Gasteiger partial charge in [0, 0.05) is 11.6 Å². The molecule has 0 spiro atoms. The highest BCUT2D eigenvalue weighted by atomic mass is 16.6. The predicted octanol–water partition coefficient (Wildman–Crippen LogP) is 3.89. The van der Waals surface area contributed by atoms with Crippen LogP contribution in [0.5, 0.6) is 0 Å². The summed E-state index contributed by atoms with van der Waals surface area (Å²) in [6.07, 6.45) is 0.614. The monoisotopic (exact) mass is 433 g/mol. The van der Waals surface area contributed by atoms with Crippen molar-refractivity contribution in [2.24, 2.45) is 0 Å². The highest BCUT2D eigenvalue weighted by Gasteiger charge is 2.21. The maximum absolute atomic E-state index is 12.3. The van der Waals surface area contributed by atoms with Gasteiger partial charge in [-0.3, -0.25) is 19.7 Å². The maximum Gasteiger partial charge on any atom is 0.325 e. The summed E-state index contributed by atoms with van der Waals surface area (Å²) >= 11 is 0. The number of nitrogens with zero attached hydrogens (tertiary/aromatic N) is 1. The first kappa shape index (κ1) is 22.5. The van der Waals surface area contributed by atoms with Crippen molar-refractivity contribution in [1.82, 2.24) is 5.32 Å². The average Bonchev–Trinajstić information content (AvgIpc) is 2.83. The Morgan fingerprint density at radius 1 is 1.00 bits per heavy atom. The normalized spacial score (nSPS) is 11.3. The molecule has 0 aliphatic heterocycles. The van der Waals surface area contributed by atoms with Crippen molar-refractivity contribution in [3.63, 3.8) is 0 Å². The Kier molecular flexibility index (Phi) is 7.53. The van der Waals surface area contributed by atoms with Gasteiger partial charge in [-0.25, -0.2) is 0 Å². The molecular formula is C24H23N3O5. The van der Waals surface area contributed by atoms with Gasteiger partial charge in [0.15, 0.2) is 0 Å². The van der Waals surface area contributed by atoms with Crippen LogP contribution in [-0.2, 0) is 16.0 Å². The lowest BCUT2D eigenvalue weighted by atomic mass is 9.98. The number of carbonyl (C=O) groups is 2. The van der Waals surface area contributed by atoms with Crippen LogP contribution in [0.15, 0.2) is 78.9 Å². The SMILES string of the molecule is COC(=O)CNC(=O)c1ccc(NC(Cc2ccccc2)c2ccccc2)c([N+](=O)[O-])c1. The van der Waals surface area contributed by atoms with Gasteiger partial charge < -0.3 is 15.4 Å². The number of nitrogens with one attached hydrogen (secondary N) is 2. The van der Waals surface area contributed by atoms with Crippen molar-refractivity contribution in [1.29, 1.82) is 0 Å². The quantitative estimate of drug-likeness (QED) is 0.301. The third-order valence-electron chi connectivity index (χ3n) is 4.89. The number of ether oxygens (including phenoxy) is 1. The summed E-state index contributed by atoms with van der Waals surface area (Å²) in [5.41, 5.74) is 2.19. The van der Waals surface area contributed by atoms with Gasteiger partial charge in [-0.2, -0.15) is 0 Å². The molecule has 8 nitrogen and oxygen atoms in total. The van der Waals surface area contributed by atoms with E-state index in [1.165, 1.54) is 25.3 Å². The van der Waals surface area contributed by atoms with Crippen molar-refractivity contribution in [2.75, 3.05) is 19.0 Å². The van der Waals surface area contributed by atoms with E-state index in [4.69, 9.17) is 0 Å². The van der Waals surface area contributed by atoms with E-state index in [0.29, 0.717) is 12.1 Å². The molecule has 3 aromatic rings. The van der Waals surface area contributed by atoms with Gasteiger partial charge in [0.1, 0.15) is 12.2 Å². The minimum atomic E-state index is -0.613. The number of rotatable bonds is 9. The van der Waals surface area contributed by atoms with Gasteiger partial charge in [0.25, 0.3) is 11.6 Å². The number of hydrogen-bond acceptors (Lipinski definition) is 6. The van der Waals surface area contributed by atoms with Crippen LogP contribution in [-0.4, -0.2) is 30.5 Å². The molecular weight excluding hydrogens is 410 g/mol. The number of nitro groups is 1. The van der Waals surface area contributed by atoms with Crippen molar-refractivity contribution >= 4 is 23.3 Å². The summed E-state index contributed by atoms with van der Waals surface area (Å²) in [4.78, 5) is 34.7. The minimum absolute atomic E-state index is 0.0745. The van der Waals surface area contributed by atoms with Crippen molar-refractivity contribution in [2.45, 2.75) is 12.5 Å². The van der Waals surface area contributed by atoms with Crippen molar-refractivity contribution in [3.05, 3.63) is 106 Å². The molecule has 0 aliphatic carbocycles. The summed E-state index contributed by atoms with van der Waals surface area (Å²) in [6, 6.07) is 23.4. The third kappa shape index (κ3) is 5.91. The standard InChI is InChI=1S/C24H23N3O5/c1-32-23(28)16-25-24(29)19-12-13-20(22(15-19)27(30)31)26-21(18-10-6-3-7-11-18)14-17-8-4-2-5-9-17/h2-13,15,21,26H,14,16H2,1H3,(H,25,29). The largest absolute Gasteiger partial charge is 0.468 e. The molecule has 0 fully saturated rings. The molecule has 1 unspecified atom stereocenters. The van der Waals surface area contributed by atoms with Crippen molar-refractivity contribution < 1.29 is 19.2 Å². The van der Waals surface area contributed by atoms with E-state index in [2.05, 4.69) is 15.4 Å². The Hall–Kier alpha value is -4.20. The number of carbonyl (C=O) groups excluding carboxylic acids is 2. The van der Waals surface area contributed by atoms with Crippen LogP contribution in [0.1, 0.15) is 27.5 Å². The Labute approximate surface area is 185 Å². The molecule has 3 rings (SSSR count). The number of nitro benzene ring substituents is 1. The average molecular weight is 433 g/mol. The van der Waals surface area contributed by atoms with Gasteiger partial charge in [-0.1, -0.05) is 60.7 Å². The first-order chi connectivity index (χ1) is 15.5. The molecule has 3 aromatic carbocycles. The van der Waals surface area contributed by atoms with Gasteiger partial charge >= 0.3 is 5.97 Å². The van der Waals surface area contributed by atoms with E-state index >= 15 is 0 Å². The summed E-state index contributed by atoms with van der Waals surface area (Å²) < 4.78 is 4.48. The van der Waals surface area contributed by atoms with E-state index in [1.807, 2.05) is 60.7 Å². The second-order valence-corrected chi connectivity index (χ2v) is 7.05. The Balaban J connectivity index is 1.87. The van der Waals surface area contributed by atoms with Gasteiger partial charge in [0.05, 0.1) is 18.1 Å². The summed E-state index contributed by atoms with van der Waals surface area (Å²) in [5.74, 6) is -1.22. The number of methoxy groups -OCH3 is 1. The third-order valence-corrected chi connectivity index (χ3v) is 4.89. The molecule has 0 heterocycles. The molecule has 0 saturated heterocycles. The topological polar surface area (TPSA) is 111 Å². The zero-order chi connectivity index (χ0) is 22.9. The second-order valence-electron chi connectivity index (χ2n) is 7.05. The summed E-state index contributed by atoms with van der Waals surface area (Å²) in [6.45, 7) is -0.323. The van der Waals surface area contributed by atoms with Gasteiger partial charge in [-0.05, 0) is 29.7 Å². The smallest absolute Gasteiger partial charge is 0.325 e. The molecule has 8 heteroatoms. The Morgan fingerprint density at radius 2 is 1.66 bits per heavy atom. The molecule has 0 aliphatic rings. The van der Waals surface area contributed by atoms with Crippen LogP contribution in [0.3, 0.4) is 0 Å². The predicted molar refractivity (Wildman–Crippen MR) is 120 cm³/mol. The maximum atomic E-state index is 12.3. The molecule has 0 bridgehead atoms. The van der Waals surface area contributed by atoms with Crippen LogP contribution in [0.2, 0.25) is 0 Å². The molecule has 0 aromatic heterocycles. The number of amides is 1. The van der Waals surface area contributed by atoms with Crippen LogP contribution < -0.4 is 10.6 Å². The number of benzene rings is 3. The van der Waals surface area contributed by atoms with Gasteiger partial charge in [0.2, 0.25) is 0 Å². The lowest BCUT2D eigenvalue weighted by Crippen LogP contribution is -2.30. The molecule has 0 saturated carbocycles. The molecule has 1 atom stereocenters. The number of anilines is 1. The molecule has 32 heavy (non-hydrogen) atoms. The lowest BCUT2D eigenvalue weighted by Gasteiger charge is -2.21. The van der Waals surface area contributed by atoms with Crippen LogP contribution in [0.4, 0.5) is 11.4 Å². The molecule has 1 amide bonds. The van der Waals surface area contributed by atoms with E-state index in [1.54, 1.807) is 0 Å². The summed E-state index contributed by atoms with van der Waals surface area (Å²) in [7, 11) is 1.21. The fourth-order valence-corrected chi connectivity index (χ4v) is 3.25. The highest BCUT2D eigenvalue weighted by Crippen LogP contribution is 2.31. The van der Waals surface area contributed by atoms with Crippen LogP contribution in [0, 0.1) is 10.1 Å². The molecule has 164 valence electrons. The fourth-order valence-electron chi connectivity index (χ4n) is 3.25. The number of hydrogen-bond donors (Lipinski definition) is 2. The highest BCUT2D eigenvalue weighted by molar-refractivity contribution is 5.97. The van der Waals surface area contributed by atoms with Crippen LogP contribution in [0.25, 0.3) is 0 Å². The van der Waals surface area contributed by atoms with E-state index in [-0.39, 0.29) is 23.8 Å². The summed E-state index contributed by atoms with van der Waals surface area (Å²) in [5, 5.41) is 17.4. The Morgan fingerprint density at radius 3 is 2.28 bits per heavy atom. The zero-order valence-corrected chi connectivity index (χ0v) is 17.5. The lowest BCUT2D eigenvalue weighted by molar-refractivity contribution is -0.384. The molecule has 0 radical (unpaired) electrons. The fraction of sp³-hybridized carbons (Fsp3) is 0.167. The molecule has 2 N–H and O–H groups in total. The minimum Gasteiger partial charge on any atom is -0.468 e. The second kappa shape index (κ2) is 10.7. The van der Waals surface area contributed by atoms with Gasteiger partial charge in [-0.15, -0.1) is 0 Å². The van der Waals surface area contributed by atoms with Crippen molar-refractivity contribution in [3.8, 4) is 0 Å². The first-order valence-electron chi connectivity index (χ1n) is 9.97. The zero-order valence-electron chi connectivity index (χ0n) is 17.5. The Bertz CT molecular complexity index is 1090.